The van der Waals surface area contributed by atoms with Gasteiger partial charge in [-0.05, 0) is 24.8 Å². The minimum atomic E-state index is -0.0704. The normalized spacial score (nSPS) is 19.6. The molecule has 1 aromatic rings. The molecule has 2 heteroatoms. The summed E-state index contributed by atoms with van der Waals surface area (Å²) in [5.41, 5.74) is 1.25. The third-order valence-corrected chi connectivity index (χ3v) is 3.23. The highest BCUT2D eigenvalue weighted by atomic mass is 16.5. The fourth-order valence-electron chi connectivity index (χ4n) is 2.31. The second kappa shape index (κ2) is 5.46. The Hall–Kier alpha value is -0.860. The monoisotopic (exact) mass is 218 g/mol. The van der Waals surface area contributed by atoms with Crippen LogP contribution in [-0.4, -0.2) is 19.7 Å². The number of ether oxygens (including phenoxy) is 1. The van der Waals surface area contributed by atoms with E-state index in [0.717, 1.165) is 39.0 Å². The van der Waals surface area contributed by atoms with Gasteiger partial charge < -0.3 is 4.74 Å². The van der Waals surface area contributed by atoms with Gasteiger partial charge in [0, 0.05) is 19.7 Å². The molecular formula is C14H20NO. The molecule has 0 saturated carbocycles. The van der Waals surface area contributed by atoms with E-state index in [9.17, 15) is 0 Å². The van der Waals surface area contributed by atoms with E-state index >= 15 is 0 Å². The molecule has 1 aliphatic rings. The Labute approximate surface area is 98.0 Å². The van der Waals surface area contributed by atoms with Crippen molar-refractivity contribution in [3.63, 3.8) is 0 Å². The van der Waals surface area contributed by atoms with E-state index in [0.29, 0.717) is 0 Å². The van der Waals surface area contributed by atoms with E-state index in [1.54, 1.807) is 0 Å². The van der Waals surface area contributed by atoms with Crippen LogP contribution in [0, 0.1) is 0 Å². The summed E-state index contributed by atoms with van der Waals surface area (Å²) < 4.78 is 6.15. The molecule has 0 unspecified atom stereocenters. The maximum atomic E-state index is 6.15. The SMILES string of the molecule is CCCOC1(c2ccccc2)CC[N]CC1. The van der Waals surface area contributed by atoms with Crippen molar-refractivity contribution in [3.8, 4) is 0 Å². The van der Waals surface area contributed by atoms with E-state index in [2.05, 4.69) is 42.6 Å². The summed E-state index contributed by atoms with van der Waals surface area (Å²) in [6.45, 7) is 4.86. The van der Waals surface area contributed by atoms with Gasteiger partial charge in [0.05, 0.1) is 5.60 Å². The molecule has 1 heterocycles. The highest BCUT2D eigenvalue weighted by Gasteiger charge is 2.34. The topological polar surface area (TPSA) is 23.3 Å². The number of piperidine rings is 1. The molecule has 0 N–H and O–H groups in total. The lowest BCUT2D eigenvalue weighted by Crippen LogP contribution is -2.39. The van der Waals surface area contributed by atoms with E-state index < -0.39 is 0 Å². The second-order valence-corrected chi connectivity index (χ2v) is 4.38. The van der Waals surface area contributed by atoms with Crippen LogP contribution in [-0.2, 0) is 10.3 Å². The lowest BCUT2D eigenvalue weighted by molar-refractivity contribution is -0.0716. The highest BCUT2D eigenvalue weighted by Crippen LogP contribution is 2.35. The van der Waals surface area contributed by atoms with Crippen LogP contribution in [0.1, 0.15) is 31.7 Å². The predicted octanol–water partition coefficient (Wildman–Crippen LogP) is 2.71. The third kappa shape index (κ3) is 2.45. The number of rotatable bonds is 4. The zero-order valence-electron chi connectivity index (χ0n) is 9.98. The van der Waals surface area contributed by atoms with Gasteiger partial charge in [-0.15, -0.1) is 0 Å². The van der Waals surface area contributed by atoms with Gasteiger partial charge in [0.1, 0.15) is 0 Å². The molecule has 1 fully saturated rings. The first-order chi connectivity index (χ1) is 7.87. The van der Waals surface area contributed by atoms with Crippen molar-refractivity contribution in [2.24, 2.45) is 0 Å². The van der Waals surface area contributed by atoms with E-state index in [1.807, 2.05) is 0 Å². The summed E-state index contributed by atoms with van der Waals surface area (Å²) in [5.74, 6) is 0. The molecular weight excluding hydrogens is 198 g/mol. The fraction of sp³-hybridized carbons (Fsp3) is 0.571. The van der Waals surface area contributed by atoms with Crippen molar-refractivity contribution in [1.29, 1.82) is 0 Å². The van der Waals surface area contributed by atoms with Crippen LogP contribution in [0.3, 0.4) is 0 Å². The zero-order valence-corrected chi connectivity index (χ0v) is 9.98. The van der Waals surface area contributed by atoms with Gasteiger partial charge in [-0.25, -0.2) is 5.32 Å². The van der Waals surface area contributed by atoms with Gasteiger partial charge in [0.15, 0.2) is 0 Å². The minimum Gasteiger partial charge on any atom is -0.370 e. The van der Waals surface area contributed by atoms with Gasteiger partial charge in [-0.3, -0.25) is 0 Å². The van der Waals surface area contributed by atoms with Crippen LogP contribution in [0.2, 0.25) is 0 Å². The summed E-state index contributed by atoms with van der Waals surface area (Å²) in [4.78, 5) is 0. The summed E-state index contributed by atoms with van der Waals surface area (Å²) in [6.07, 6.45) is 3.12. The molecule has 0 bridgehead atoms. The lowest BCUT2D eigenvalue weighted by Gasteiger charge is -2.37. The third-order valence-electron chi connectivity index (χ3n) is 3.23. The van der Waals surface area contributed by atoms with Crippen molar-refractivity contribution >= 4 is 0 Å². The maximum absolute atomic E-state index is 6.15. The molecule has 1 radical (unpaired) electrons. The van der Waals surface area contributed by atoms with Gasteiger partial charge in [-0.2, -0.15) is 0 Å². The van der Waals surface area contributed by atoms with Gasteiger partial charge in [-0.1, -0.05) is 37.3 Å². The summed E-state index contributed by atoms with van der Waals surface area (Å²) >= 11 is 0. The second-order valence-electron chi connectivity index (χ2n) is 4.38. The first kappa shape index (κ1) is 11.6. The van der Waals surface area contributed by atoms with Crippen LogP contribution in [0.4, 0.5) is 0 Å². The maximum Gasteiger partial charge on any atom is 0.0956 e. The Balaban J connectivity index is 2.19. The average Bonchev–Trinajstić information content (AvgIpc) is 2.38. The van der Waals surface area contributed by atoms with Crippen molar-refractivity contribution in [2.75, 3.05) is 19.7 Å². The van der Waals surface area contributed by atoms with Crippen molar-refractivity contribution < 1.29 is 4.74 Å². The average molecular weight is 218 g/mol. The molecule has 16 heavy (non-hydrogen) atoms. The van der Waals surface area contributed by atoms with E-state index in [1.165, 1.54) is 5.56 Å². The molecule has 2 nitrogen and oxygen atoms in total. The molecule has 1 aromatic carbocycles. The molecule has 0 spiro atoms. The molecule has 0 atom stereocenters. The van der Waals surface area contributed by atoms with Crippen molar-refractivity contribution in [2.45, 2.75) is 31.8 Å². The number of nitrogens with zero attached hydrogens (tertiary/aromatic N) is 1. The molecule has 0 aromatic heterocycles. The van der Waals surface area contributed by atoms with Crippen LogP contribution in [0.25, 0.3) is 0 Å². The molecule has 2 rings (SSSR count). The largest absolute Gasteiger partial charge is 0.370 e. The molecule has 1 saturated heterocycles. The predicted molar refractivity (Wildman–Crippen MR) is 65.5 cm³/mol. The number of hydrogen-bond acceptors (Lipinski definition) is 1. The molecule has 0 amide bonds. The van der Waals surface area contributed by atoms with E-state index in [4.69, 9.17) is 4.74 Å². The molecule has 0 aliphatic carbocycles. The zero-order chi connectivity index (χ0) is 11.3. The Kier molecular flexibility index (Phi) is 3.97. The lowest BCUT2D eigenvalue weighted by atomic mass is 9.85. The van der Waals surface area contributed by atoms with Crippen LogP contribution < -0.4 is 5.32 Å². The van der Waals surface area contributed by atoms with Crippen LogP contribution in [0.15, 0.2) is 30.3 Å². The summed E-state index contributed by atoms with van der Waals surface area (Å²) in [5, 5.41) is 4.43. The van der Waals surface area contributed by atoms with Crippen LogP contribution >= 0.6 is 0 Å². The van der Waals surface area contributed by atoms with Crippen molar-refractivity contribution in [3.05, 3.63) is 35.9 Å². The van der Waals surface area contributed by atoms with Crippen molar-refractivity contribution in [1.82, 2.24) is 5.32 Å². The summed E-state index contributed by atoms with van der Waals surface area (Å²) in [6, 6.07) is 10.6. The van der Waals surface area contributed by atoms with E-state index in [-0.39, 0.29) is 5.60 Å². The first-order valence-electron chi connectivity index (χ1n) is 6.20. The Morgan fingerprint density at radius 1 is 1.19 bits per heavy atom. The Morgan fingerprint density at radius 2 is 1.88 bits per heavy atom. The number of benzene rings is 1. The minimum absolute atomic E-state index is 0.0704. The Bertz CT molecular complexity index is 304. The molecule has 1 aliphatic heterocycles. The van der Waals surface area contributed by atoms with Gasteiger partial charge >= 0.3 is 0 Å². The first-order valence-corrected chi connectivity index (χ1v) is 6.20. The van der Waals surface area contributed by atoms with Crippen LogP contribution in [0.5, 0.6) is 0 Å². The fourth-order valence-corrected chi connectivity index (χ4v) is 2.31. The quantitative estimate of drug-likeness (QED) is 0.762. The number of hydrogen-bond donors (Lipinski definition) is 0. The summed E-state index contributed by atoms with van der Waals surface area (Å²) in [7, 11) is 0. The Morgan fingerprint density at radius 3 is 2.50 bits per heavy atom. The highest BCUT2D eigenvalue weighted by molar-refractivity contribution is 5.23. The smallest absolute Gasteiger partial charge is 0.0956 e. The van der Waals surface area contributed by atoms with Gasteiger partial charge in [0.2, 0.25) is 0 Å². The molecule has 87 valence electrons. The standard InChI is InChI=1S/C14H20NO/c1-2-12-16-14(8-10-15-11-9-14)13-6-4-3-5-7-13/h3-7H,2,8-12H2,1H3. The van der Waals surface area contributed by atoms with Gasteiger partial charge in [0.25, 0.3) is 0 Å².